The zero-order valence-electron chi connectivity index (χ0n) is 20.7. The Kier molecular flexibility index (Phi) is 11.6. The molecular formula is C25H38N2O8. The maximum atomic E-state index is 12.2. The van der Waals surface area contributed by atoms with Crippen molar-refractivity contribution >= 4 is 24.1 Å². The topological polar surface area (TPSA) is 129 Å². The predicted octanol–water partition coefficient (Wildman–Crippen LogP) is 3.12. The molecule has 2 fully saturated rings. The van der Waals surface area contributed by atoms with Crippen LogP contribution in [0.1, 0.15) is 46.0 Å². The number of carbonyl (C=O) groups is 4. The van der Waals surface area contributed by atoms with Crippen LogP contribution in [-0.4, -0.2) is 62.6 Å². The molecule has 0 aromatic rings. The van der Waals surface area contributed by atoms with Crippen molar-refractivity contribution < 1.29 is 38.1 Å². The molecule has 2 N–H and O–H groups in total. The fourth-order valence-electron chi connectivity index (χ4n) is 4.92. The third kappa shape index (κ3) is 8.92. The molecule has 2 saturated carbocycles. The maximum absolute atomic E-state index is 12.2. The molecule has 10 heteroatoms. The predicted molar refractivity (Wildman–Crippen MR) is 127 cm³/mol. The summed E-state index contributed by atoms with van der Waals surface area (Å²) < 4.78 is 20.6. The highest BCUT2D eigenvalue weighted by atomic mass is 16.6. The Morgan fingerprint density at radius 1 is 0.857 bits per heavy atom. The van der Waals surface area contributed by atoms with Crippen molar-refractivity contribution in [2.75, 3.05) is 26.3 Å². The van der Waals surface area contributed by atoms with Crippen molar-refractivity contribution in [3.8, 4) is 0 Å². The van der Waals surface area contributed by atoms with Crippen molar-refractivity contribution in [3.63, 3.8) is 0 Å². The van der Waals surface area contributed by atoms with E-state index in [4.69, 9.17) is 18.9 Å². The lowest BCUT2D eigenvalue weighted by molar-refractivity contribution is -0.145. The molecule has 0 aromatic heterocycles. The maximum Gasteiger partial charge on any atom is 0.407 e. The van der Waals surface area contributed by atoms with Crippen LogP contribution < -0.4 is 10.6 Å². The van der Waals surface area contributed by atoms with Gasteiger partial charge >= 0.3 is 24.1 Å². The SMILES string of the molecule is C=CC(=O)OCC(CC)OC(=O)NCC1CC2CCC1C2CNC(=O)OCC(CC)OC(=O)C=C. The number of fused-ring (bicyclic) bond motifs is 2. The molecule has 6 unspecified atom stereocenters. The quantitative estimate of drug-likeness (QED) is 0.214. The van der Waals surface area contributed by atoms with Crippen molar-refractivity contribution in [2.45, 2.75) is 58.2 Å². The molecule has 0 aromatic carbocycles. The second-order valence-electron chi connectivity index (χ2n) is 8.96. The minimum atomic E-state index is -0.556. The molecule has 0 saturated heterocycles. The van der Waals surface area contributed by atoms with Crippen LogP contribution in [0.2, 0.25) is 0 Å². The number of carbonyl (C=O) groups excluding carboxylic acids is 4. The highest BCUT2D eigenvalue weighted by molar-refractivity contribution is 5.81. The van der Waals surface area contributed by atoms with Crippen molar-refractivity contribution in [1.82, 2.24) is 10.6 Å². The lowest BCUT2D eigenvalue weighted by Crippen LogP contribution is -2.37. The molecule has 0 aliphatic heterocycles. The molecule has 196 valence electrons. The summed E-state index contributed by atoms with van der Waals surface area (Å²) in [6.07, 6.45) is 4.23. The van der Waals surface area contributed by atoms with Gasteiger partial charge in [-0.3, -0.25) is 0 Å². The summed E-state index contributed by atoms with van der Waals surface area (Å²) in [5, 5.41) is 5.68. The van der Waals surface area contributed by atoms with Gasteiger partial charge in [0.1, 0.15) is 25.4 Å². The lowest BCUT2D eigenvalue weighted by Gasteiger charge is -2.23. The van der Waals surface area contributed by atoms with Crippen molar-refractivity contribution in [1.29, 1.82) is 0 Å². The Labute approximate surface area is 206 Å². The largest absolute Gasteiger partial charge is 0.459 e. The van der Waals surface area contributed by atoms with E-state index in [1.165, 1.54) is 0 Å². The zero-order valence-corrected chi connectivity index (χ0v) is 20.7. The standard InChI is InChI=1S/C25H38N2O8/c1-5-18(34-23(29)8-4)15-33-24(30)27-13-21-16-9-10-20(21)17(11-16)12-26-25(31)35-19(6-2)14-32-22(28)7-3/h7-8,16-21H,3-6,9-15H2,1-2H3,(H,26,31)(H,27,30). The van der Waals surface area contributed by atoms with Crippen LogP contribution in [0.3, 0.4) is 0 Å². The molecule has 10 nitrogen and oxygen atoms in total. The van der Waals surface area contributed by atoms with Crippen molar-refractivity contribution in [3.05, 3.63) is 25.3 Å². The summed E-state index contributed by atoms with van der Waals surface area (Å²) >= 11 is 0. The third-order valence-corrected chi connectivity index (χ3v) is 6.84. The van der Waals surface area contributed by atoms with E-state index in [0.29, 0.717) is 49.6 Å². The second kappa shape index (κ2) is 14.4. The van der Waals surface area contributed by atoms with Gasteiger partial charge in [0.25, 0.3) is 0 Å². The monoisotopic (exact) mass is 494 g/mol. The van der Waals surface area contributed by atoms with Gasteiger partial charge in [0.15, 0.2) is 0 Å². The molecule has 2 aliphatic carbocycles. The first-order valence-corrected chi connectivity index (χ1v) is 12.3. The summed E-state index contributed by atoms with van der Waals surface area (Å²) in [6, 6.07) is 0. The van der Waals surface area contributed by atoms with Crippen LogP contribution in [0.15, 0.2) is 25.3 Å². The summed E-state index contributed by atoms with van der Waals surface area (Å²) in [7, 11) is 0. The van der Waals surface area contributed by atoms with E-state index < -0.39 is 36.3 Å². The molecule has 0 heterocycles. The summed E-state index contributed by atoms with van der Waals surface area (Å²) in [6.45, 7) is 11.3. The molecule has 2 bridgehead atoms. The summed E-state index contributed by atoms with van der Waals surface area (Å²) in [4.78, 5) is 46.9. The highest BCUT2D eigenvalue weighted by Gasteiger charge is 2.47. The van der Waals surface area contributed by atoms with Crippen LogP contribution in [0.5, 0.6) is 0 Å². The summed E-state index contributed by atoms with van der Waals surface area (Å²) in [5.41, 5.74) is 0. The number of nitrogens with one attached hydrogen (secondary N) is 2. The molecule has 2 rings (SSSR count). The van der Waals surface area contributed by atoms with E-state index in [2.05, 4.69) is 23.8 Å². The average molecular weight is 495 g/mol. The second-order valence-corrected chi connectivity index (χ2v) is 8.96. The first-order valence-electron chi connectivity index (χ1n) is 12.3. The van der Waals surface area contributed by atoms with Crippen molar-refractivity contribution in [2.24, 2.45) is 23.7 Å². The number of rotatable bonds is 14. The Morgan fingerprint density at radius 3 is 2.14 bits per heavy atom. The number of esters is 2. The zero-order chi connectivity index (χ0) is 25.8. The van der Waals surface area contributed by atoms with Gasteiger partial charge in [-0.15, -0.1) is 0 Å². The van der Waals surface area contributed by atoms with Gasteiger partial charge in [0.2, 0.25) is 0 Å². The van der Waals surface area contributed by atoms with Gasteiger partial charge in [-0.05, 0) is 55.8 Å². The van der Waals surface area contributed by atoms with E-state index in [1.807, 2.05) is 13.8 Å². The third-order valence-electron chi connectivity index (χ3n) is 6.84. The fraction of sp³-hybridized carbons (Fsp3) is 0.680. The van der Waals surface area contributed by atoms with Crippen LogP contribution >= 0.6 is 0 Å². The molecule has 6 atom stereocenters. The van der Waals surface area contributed by atoms with Gasteiger partial charge in [-0.2, -0.15) is 0 Å². The Balaban J connectivity index is 1.71. The fourth-order valence-corrected chi connectivity index (χ4v) is 4.92. The van der Waals surface area contributed by atoms with Crippen LogP contribution in [0, 0.1) is 23.7 Å². The first kappa shape index (κ1) is 28.2. The van der Waals surface area contributed by atoms with Gasteiger partial charge < -0.3 is 29.6 Å². The van der Waals surface area contributed by atoms with Crippen LogP contribution in [0.4, 0.5) is 9.59 Å². The lowest BCUT2D eigenvalue weighted by atomic mass is 9.88. The number of ether oxygens (including phenoxy) is 4. The number of alkyl carbamates (subject to hydrolysis) is 2. The van der Waals surface area contributed by atoms with Gasteiger partial charge in [0, 0.05) is 25.2 Å². The molecule has 0 radical (unpaired) electrons. The molecule has 0 spiro atoms. The minimum Gasteiger partial charge on any atom is -0.459 e. The smallest absolute Gasteiger partial charge is 0.407 e. The van der Waals surface area contributed by atoms with E-state index in [-0.39, 0.29) is 13.2 Å². The number of hydrogen-bond donors (Lipinski definition) is 2. The number of amides is 2. The molecule has 35 heavy (non-hydrogen) atoms. The van der Waals surface area contributed by atoms with E-state index in [0.717, 1.165) is 31.4 Å². The molecule has 2 aliphatic rings. The highest BCUT2D eigenvalue weighted by Crippen LogP contribution is 2.52. The van der Waals surface area contributed by atoms with E-state index in [9.17, 15) is 19.2 Å². The van der Waals surface area contributed by atoms with Gasteiger partial charge in [-0.25, -0.2) is 19.2 Å². The molecule has 2 amide bonds. The van der Waals surface area contributed by atoms with Crippen LogP contribution in [-0.2, 0) is 28.5 Å². The Hall–Kier alpha value is -3.04. The van der Waals surface area contributed by atoms with E-state index >= 15 is 0 Å². The van der Waals surface area contributed by atoms with Gasteiger partial charge in [0.05, 0.1) is 0 Å². The average Bonchev–Trinajstić information content (AvgIpc) is 3.42. The molecular weight excluding hydrogens is 456 g/mol. The summed E-state index contributed by atoms with van der Waals surface area (Å²) in [5.74, 6) is 0.417. The van der Waals surface area contributed by atoms with Crippen LogP contribution in [0.25, 0.3) is 0 Å². The minimum absolute atomic E-state index is 0.0115. The van der Waals surface area contributed by atoms with Gasteiger partial charge in [-0.1, -0.05) is 27.0 Å². The Bertz CT molecular complexity index is 771. The number of hydrogen-bond acceptors (Lipinski definition) is 8. The normalized spacial score (nSPS) is 23.9. The first-order chi connectivity index (χ1) is 16.8. The van der Waals surface area contributed by atoms with E-state index in [1.54, 1.807) is 0 Å². The Morgan fingerprint density at radius 2 is 1.49 bits per heavy atom.